The number of carbonyl (C=O) groups is 1. The molecule has 7 rings (SSSR count). The third-order valence-corrected chi connectivity index (χ3v) is 10.8. The van der Waals surface area contributed by atoms with Crippen LogP contribution in [-0.4, -0.2) is 31.8 Å². The minimum absolute atomic E-state index is 0.137. The number of aliphatic imine (C=N–C) groups is 1. The van der Waals surface area contributed by atoms with Crippen LogP contribution in [0.4, 0.5) is 5.69 Å². The Kier molecular flexibility index (Phi) is 7.98. The van der Waals surface area contributed by atoms with E-state index in [9.17, 15) is 4.79 Å². The SMILES string of the molecule is COc1ccc(C23CCC(CN(C(=O)C4CCCCC4)c4cccc(C(C=NC5CC5)=CN)c4)(CC2)CC3)cc1C. The molecule has 0 heterocycles. The summed E-state index contributed by atoms with van der Waals surface area (Å²) >= 11 is 0. The highest BCUT2D eigenvalue weighted by Crippen LogP contribution is 2.58. The quantitative estimate of drug-likeness (QED) is 0.323. The van der Waals surface area contributed by atoms with Crippen molar-refractivity contribution in [2.75, 3.05) is 18.6 Å². The molecule has 41 heavy (non-hydrogen) atoms. The molecule has 0 aromatic heterocycles. The fraction of sp³-hybridized carbons (Fsp3) is 0.556. The Morgan fingerprint density at radius 2 is 1.73 bits per heavy atom. The molecular weight excluding hydrogens is 506 g/mol. The molecule has 0 radical (unpaired) electrons. The van der Waals surface area contributed by atoms with Gasteiger partial charge in [-0.2, -0.15) is 0 Å². The zero-order chi connectivity index (χ0) is 28.5. The molecule has 5 aliphatic rings. The van der Waals surface area contributed by atoms with E-state index < -0.39 is 0 Å². The number of anilines is 1. The zero-order valence-electron chi connectivity index (χ0n) is 25.0. The molecule has 5 heteroatoms. The summed E-state index contributed by atoms with van der Waals surface area (Å²) in [5.74, 6) is 1.43. The van der Waals surface area contributed by atoms with Gasteiger partial charge in [0.1, 0.15) is 5.75 Å². The molecule has 2 bridgehead atoms. The first-order chi connectivity index (χ1) is 19.9. The van der Waals surface area contributed by atoms with Crippen LogP contribution in [0.25, 0.3) is 5.57 Å². The van der Waals surface area contributed by atoms with Crippen molar-refractivity contribution in [2.24, 2.45) is 22.1 Å². The van der Waals surface area contributed by atoms with Crippen LogP contribution in [0.15, 0.2) is 53.7 Å². The summed E-state index contributed by atoms with van der Waals surface area (Å²) in [6.45, 7) is 2.97. The first-order valence-corrected chi connectivity index (χ1v) is 16.0. The molecule has 2 aromatic carbocycles. The van der Waals surface area contributed by atoms with Crippen molar-refractivity contribution in [3.8, 4) is 5.75 Å². The molecule has 218 valence electrons. The highest BCUT2D eigenvalue weighted by Gasteiger charge is 2.50. The van der Waals surface area contributed by atoms with Gasteiger partial charge in [-0.15, -0.1) is 0 Å². The number of aryl methyl sites for hydroxylation is 1. The number of nitrogens with zero attached hydrogens (tertiary/aromatic N) is 2. The van der Waals surface area contributed by atoms with Crippen LogP contribution in [0, 0.1) is 18.3 Å². The number of allylic oxidation sites excluding steroid dienone is 1. The molecule has 5 fully saturated rings. The van der Waals surface area contributed by atoms with Crippen molar-refractivity contribution in [1.82, 2.24) is 0 Å². The molecule has 1 amide bonds. The van der Waals surface area contributed by atoms with E-state index in [0.717, 1.165) is 54.8 Å². The Balaban J connectivity index is 1.25. The molecule has 2 aromatic rings. The number of hydrogen-bond donors (Lipinski definition) is 1. The monoisotopic (exact) mass is 553 g/mol. The van der Waals surface area contributed by atoms with Crippen molar-refractivity contribution in [2.45, 2.75) is 102 Å². The van der Waals surface area contributed by atoms with E-state index in [4.69, 9.17) is 10.5 Å². The van der Waals surface area contributed by atoms with Gasteiger partial charge in [0.15, 0.2) is 0 Å². The van der Waals surface area contributed by atoms with E-state index in [2.05, 4.69) is 59.3 Å². The van der Waals surface area contributed by atoms with Gasteiger partial charge < -0.3 is 15.4 Å². The number of fused-ring (bicyclic) bond motifs is 3. The van der Waals surface area contributed by atoms with Crippen molar-refractivity contribution in [3.63, 3.8) is 0 Å². The predicted molar refractivity (Wildman–Crippen MR) is 169 cm³/mol. The van der Waals surface area contributed by atoms with Gasteiger partial charge in [-0.05, 0) is 117 Å². The second-order valence-corrected chi connectivity index (χ2v) is 13.4. The van der Waals surface area contributed by atoms with Gasteiger partial charge in [-0.3, -0.25) is 9.79 Å². The van der Waals surface area contributed by atoms with Gasteiger partial charge in [0, 0.05) is 36.1 Å². The fourth-order valence-electron chi connectivity index (χ4n) is 7.82. The number of ether oxygens (including phenoxy) is 1. The largest absolute Gasteiger partial charge is 0.496 e. The molecule has 0 spiro atoms. The first kappa shape index (κ1) is 28.1. The minimum atomic E-state index is 0.137. The van der Waals surface area contributed by atoms with Gasteiger partial charge in [0.25, 0.3) is 0 Å². The lowest BCUT2D eigenvalue weighted by molar-refractivity contribution is -0.124. The third kappa shape index (κ3) is 5.82. The normalized spacial score (nSPS) is 26.8. The van der Waals surface area contributed by atoms with Crippen LogP contribution in [0.2, 0.25) is 0 Å². The second kappa shape index (κ2) is 11.7. The summed E-state index contributed by atoms with van der Waals surface area (Å²) in [6.07, 6.45) is 18.6. The van der Waals surface area contributed by atoms with E-state index in [1.54, 1.807) is 13.3 Å². The molecule has 0 saturated heterocycles. The highest BCUT2D eigenvalue weighted by molar-refractivity contribution is 6.10. The van der Waals surface area contributed by atoms with E-state index in [1.165, 1.54) is 68.9 Å². The van der Waals surface area contributed by atoms with Gasteiger partial charge in [-0.1, -0.05) is 43.5 Å². The van der Waals surface area contributed by atoms with Crippen LogP contribution in [-0.2, 0) is 10.2 Å². The molecule has 5 nitrogen and oxygen atoms in total. The summed E-state index contributed by atoms with van der Waals surface area (Å²) in [5, 5.41) is 0. The second-order valence-electron chi connectivity index (χ2n) is 13.4. The Hall–Kier alpha value is -3.08. The number of hydrogen-bond acceptors (Lipinski definition) is 4. The minimum Gasteiger partial charge on any atom is -0.496 e. The van der Waals surface area contributed by atoms with Gasteiger partial charge in [-0.25, -0.2) is 0 Å². The summed E-state index contributed by atoms with van der Waals surface area (Å²) in [5.41, 5.74) is 12.2. The van der Waals surface area contributed by atoms with E-state index in [-0.39, 0.29) is 16.7 Å². The van der Waals surface area contributed by atoms with E-state index in [1.807, 2.05) is 6.21 Å². The number of benzene rings is 2. The van der Waals surface area contributed by atoms with Gasteiger partial charge in [0.05, 0.1) is 13.2 Å². The Labute approximate surface area is 246 Å². The Morgan fingerprint density at radius 1 is 1.00 bits per heavy atom. The maximum Gasteiger partial charge on any atom is 0.230 e. The van der Waals surface area contributed by atoms with Crippen molar-refractivity contribution in [3.05, 3.63) is 65.4 Å². The smallest absolute Gasteiger partial charge is 0.230 e. The standard InChI is InChI=1S/C36H47N3O2/c1-26-21-30(11-14-33(26)41-2)36-18-15-35(16-19-36,17-20-36)25-39(34(40)27-7-4-3-5-8-27)32-10-6-9-28(22-32)29(23-37)24-38-31-12-13-31/h6,9-11,14,21-24,27,31H,3-5,7-8,12-13,15-20,25,37H2,1-2H3. The number of nitrogens with two attached hydrogens (primary N) is 1. The molecular formula is C36H47N3O2. The lowest BCUT2D eigenvalue weighted by Crippen LogP contribution is -2.51. The number of rotatable bonds is 9. The highest BCUT2D eigenvalue weighted by atomic mass is 16.5. The first-order valence-electron chi connectivity index (χ1n) is 16.0. The molecule has 5 saturated carbocycles. The van der Waals surface area contributed by atoms with E-state index >= 15 is 0 Å². The lowest BCUT2D eigenvalue weighted by atomic mass is 9.51. The maximum absolute atomic E-state index is 14.2. The Morgan fingerprint density at radius 3 is 2.37 bits per heavy atom. The number of carbonyl (C=O) groups excluding carboxylic acids is 1. The maximum atomic E-state index is 14.2. The molecule has 5 aliphatic carbocycles. The fourth-order valence-corrected chi connectivity index (χ4v) is 7.82. The van der Waals surface area contributed by atoms with Gasteiger partial charge in [0.2, 0.25) is 5.91 Å². The predicted octanol–water partition coefficient (Wildman–Crippen LogP) is 7.74. The van der Waals surface area contributed by atoms with E-state index in [0.29, 0.717) is 11.9 Å². The molecule has 2 N–H and O–H groups in total. The van der Waals surface area contributed by atoms with Crippen molar-refractivity contribution in [1.29, 1.82) is 0 Å². The average Bonchev–Trinajstić information content (AvgIpc) is 3.86. The molecule has 0 aliphatic heterocycles. The zero-order valence-corrected chi connectivity index (χ0v) is 25.0. The number of methoxy groups -OCH3 is 1. The van der Waals surface area contributed by atoms with Crippen LogP contribution < -0.4 is 15.4 Å². The van der Waals surface area contributed by atoms with Crippen LogP contribution in [0.5, 0.6) is 5.75 Å². The summed E-state index contributed by atoms with van der Waals surface area (Å²) in [4.78, 5) is 21.1. The lowest BCUT2D eigenvalue weighted by Gasteiger charge is -2.55. The van der Waals surface area contributed by atoms with Crippen LogP contribution in [0.3, 0.4) is 0 Å². The average molecular weight is 554 g/mol. The van der Waals surface area contributed by atoms with Crippen molar-refractivity contribution < 1.29 is 9.53 Å². The van der Waals surface area contributed by atoms with Crippen LogP contribution >= 0.6 is 0 Å². The summed E-state index contributed by atoms with van der Waals surface area (Å²) < 4.78 is 5.54. The Bertz CT molecular complexity index is 1290. The van der Waals surface area contributed by atoms with Crippen LogP contribution in [0.1, 0.15) is 100 Å². The molecule has 0 unspecified atom stereocenters. The van der Waals surface area contributed by atoms with Crippen molar-refractivity contribution >= 4 is 23.4 Å². The van der Waals surface area contributed by atoms with Gasteiger partial charge >= 0.3 is 0 Å². The summed E-state index contributed by atoms with van der Waals surface area (Å²) in [7, 11) is 1.75. The topological polar surface area (TPSA) is 67.9 Å². The molecule has 0 atom stereocenters. The summed E-state index contributed by atoms with van der Waals surface area (Å²) in [6, 6.07) is 15.7. The number of amides is 1. The third-order valence-electron chi connectivity index (χ3n) is 10.8.